The zero-order valence-electron chi connectivity index (χ0n) is 9.57. The molecule has 0 fully saturated rings. The number of hydrogen-bond donors (Lipinski definition) is 1. The predicted molar refractivity (Wildman–Crippen MR) is 62.7 cm³/mol. The lowest BCUT2D eigenvalue weighted by Gasteiger charge is -2.06. The van der Waals surface area contributed by atoms with Crippen molar-refractivity contribution in [3.63, 3.8) is 0 Å². The van der Waals surface area contributed by atoms with Crippen LogP contribution in [0.2, 0.25) is 0 Å². The standard InChI is InChI=1S/C12H16FN3/c1-3-11-10-5-4-9(13)6-12(10)16(15-11)7-8(2)14/h4-6,8H,3,7,14H2,1-2H3. The first-order chi connectivity index (χ1) is 7.61. The van der Waals surface area contributed by atoms with Gasteiger partial charge in [-0.15, -0.1) is 0 Å². The highest BCUT2D eigenvalue weighted by atomic mass is 19.1. The molecule has 4 heteroatoms. The zero-order chi connectivity index (χ0) is 11.7. The topological polar surface area (TPSA) is 43.8 Å². The van der Waals surface area contributed by atoms with Gasteiger partial charge in [0.2, 0.25) is 0 Å². The number of fused-ring (bicyclic) bond motifs is 1. The Kier molecular flexibility index (Phi) is 2.92. The number of aromatic nitrogens is 2. The van der Waals surface area contributed by atoms with Crippen molar-refractivity contribution in [2.45, 2.75) is 32.9 Å². The van der Waals surface area contributed by atoms with Gasteiger partial charge in [-0.2, -0.15) is 5.10 Å². The molecule has 0 aliphatic rings. The zero-order valence-corrected chi connectivity index (χ0v) is 9.57. The van der Waals surface area contributed by atoms with Crippen LogP contribution in [0.15, 0.2) is 18.2 Å². The third-order valence-corrected chi connectivity index (χ3v) is 2.59. The monoisotopic (exact) mass is 221 g/mol. The van der Waals surface area contributed by atoms with Crippen LogP contribution in [-0.4, -0.2) is 15.8 Å². The van der Waals surface area contributed by atoms with Gasteiger partial charge in [0, 0.05) is 11.4 Å². The van der Waals surface area contributed by atoms with Gasteiger partial charge in [-0.05, 0) is 31.5 Å². The van der Waals surface area contributed by atoms with Crippen LogP contribution in [0.5, 0.6) is 0 Å². The summed E-state index contributed by atoms with van der Waals surface area (Å²) in [5.74, 6) is -0.235. The van der Waals surface area contributed by atoms with E-state index in [2.05, 4.69) is 5.10 Å². The number of aryl methyl sites for hydroxylation is 1. The molecule has 0 bridgehead atoms. The highest BCUT2D eigenvalue weighted by Gasteiger charge is 2.10. The number of hydrogen-bond acceptors (Lipinski definition) is 2. The molecule has 0 amide bonds. The Morgan fingerprint density at radius 1 is 1.50 bits per heavy atom. The van der Waals surface area contributed by atoms with Gasteiger partial charge < -0.3 is 5.73 Å². The minimum atomic E-state index is -0.235. The lowest BCUT2D eigenvalue weighted by Crippen LogP contribution is -2.22. The summed E-state index contributed by atoms with van der Waals surface area (Å²) in [7, 11) is 0. The van der Waals surface area contributed by atoms with Crippen LogP contribution in [0.3, 0.4) is 0 Å². The fraction of sp³-hybridized carbons (Fsp3) is 0.417. The molecular weight excluding hydrogens is 205 g/mol. The molecule has 1 aromatic carbocycles. The molecule has 2 aromatic rings. The SMILES string of the molecule is CCc1nn(CC(C)N)c2cc(F)ccc12. The van der Waals surface area contributed by atoms with E-state index in [1.165, 1.54) is 12.1 Å². The van der Waals surface area contributed by atoms with Crippen LogP contribution in [0, 0.1) is 5.82 Å². The van der Waals surface area contributed by atoms with E-state index in [0.717, 1.165) is 23.0 Å². The summed E-state index contributed by atoms with van der Waals surface area (Å²) in [5, 5.41) is 5.48. The average Bonchev–Trinajstić information content (AvgIpc) is 2.55. The molecule has 1 aromatic heterocycles. The Bertz CT molecular complexity index is 502. The number of nitrogens with two attached hydrogens (primary N) is 1. The first kappa shape index (κ1) is 11.1. The van der Waals surface area contributed by atoms with Crippen molar-refractivity contribution >= 4 is 10.9 Å². The second-order valence-corrected chi connectivity index (χ2v) is 4.12. The van der Waals surface area contributed by atoms with E-state index in [1.54, 1.807) is 10.7 Å². The Balaban J connectivity index is 2.59. The van der Waals surface area contributed by atoms with Gasteiger partial charge in [-0.3, -0.25) is 4.68 Å². The molecule has 1 atom stereocenters. The van der Waals surface area contributed by atoms with Crippen LogP contribution in [0.1, 0.15) is 19.5 Å². The second kappa shape index (κ2) is 4.22. The first-order valence-electron chi connectivity index (χ1n) is 5.52. The van der Waals surface area contributed by atoms with Crippen LogP contribution >= 0.6 is 0 Å². The molecule has 0 spiro atoms. The lowest BCUT2D eigenvalue weighted by atomic mass is 10.2. The van der Waals surface area contributed by atoms with Crippen LogP contribution in [0.25, 0.3) is 10.9 Å². The van der Waals surface area contributed by atoms with Gasteiger partial charge >= 0.3 is 0 Å². The molecule has 0 aliphatic heterocycles. The van der Waals surface area contributed by atoms with E-state index in [0.29, 0.717) is 6.54 Å². The van der Waals surface area contributed by atoms with Gasteiger partial charge in [-0.25, -0.2) is 4.39 Å². The molecule has 3 nitrogen and oxygen atoms in total. The van der Waals surface area contributed by atoms with E-state index in [1.807, 2.05) is 13.8 Å². The van der Waals surface area contributed by atoms with Crippen molar-refractivity contribution in [3.05, 3.63) is 29.7 Å². The quantitative estimate of drug-likeness (QED) is 0.862. The molecule has 1 heterocycles. The highest BCUT2D eigenvalue weighted by Crippen LogP contribution is 2.20. The summed E-state index contributed by atoms with van der Waals surface area (Å²) >= 11 is 0. The fourth-order valence-corrected chi connectivity index (χ4v) is 1.89. The van der Waals surface area contributed by atoms with E-state index in [-0.39, 0.29) is 11.9 Å². The van der Waals surface area contributed by atoms with Crippen molar-refractivity contribution in [2.75, 3.05) is 0 Å². The molecule has 0 saturated heterocycles. The Morgan fingerprint density at radius 3 is 2.88 bits per heavy atom. The van der Waals surface area contributed by atoms with Crippen molar-refractivity contribution in [3.8, 4) is 0 Å². The van der Waals surface area contributed by atoms with Gasteiger partial charge in [0.1, 0.15) is 5.82 Å². The largest absolute Gasteiger partial charge is 0.326 e. The third-order valence-electron chi connectivity index (χ3n) is 2.59. The van der Waals surface area contributed by atoms with Gasteiger partial charge in [-0.1, -0.05) is 6.92 Å². The maximum absolute atomic E-state index is 13.2. The van der Waals surface area contributed by atoms with E-state index in [4.69, 9.17) is 5.73 Å². The first-order valence-corrected chi connectivity index (χ1v) is 5.52. The molecule has 86 valence electrons. The summed E-state index contributed by atoms with van der Waals surface area (Å²) in [4.78, 5) is 0. The van der Waals surface area contributed by atoms with Crippen molar-refractivity contribution in [1.29, 1.82) is 0 Å². The van der Waals surface area contributed by atoms with Crippen LogP contribution in [-0.2, 0) is 13.0 Å². The lowest BCUT2D eigenvalue weighted by molar-refractivity contribution is 0.546. The Labute approximate surface area is 94.1 Å². The van der Waals surface area contributed by atoms with Crippen molar-refractivity contribution in [1.82, 2.24) is 9.78 Å². The van der Waals surface area contributed by atoms with Crippen molar-refractivity contribution in [2.24, 2.45) is 5.73 Å². The number of rotatable bonds is 3. The van der Waals surface area contributed by atoms with Gasteiger partial charge in [0.05, 0.1) is 17.8 Å². The Morgan fingerprint density at radius 2 is 2.25 bits per heavy atom. The molecule has 0 saturated carbocycles. The van der Waals surface area contributed by atoms with Gasteiger partial charge in [0.25, 0.3) is 0 Å². The smallest absolute Gasteiger partial charge is 0.125 e. The summed E-state index contributed by atoms with van der Waals surface area (Å²) in [6.07, 6.45) is 0.841. The summed E-state index contributed by atoms with van der Waals surface area (Å²) in [6, 6.07) is 4.79. The van der Waals surface area contributed by atoms with E-state index in [9.17, 15) is 4.39 Å². The summed E-state index contributed by atoms with van der Waals surface area (Å²) < 4.78 is 15.0. The normalized spacial score (nSPS) is 13.2. The molecular formula is C12H16FN3. The molecule has 0 aliphatic carbocycles. The fourth-order valence-electron chi connectivity index (χ4n) is 1.89. The second-order valence-electron chi connectivity index (χ2n) is 4.12. The summed E-state index contributed by atoms with van der Waals surface area (Å²) in [6.45, 7) is 4.57. The van der Waals surface area contributed by atoms with Crippen LogP contribution in [0.4, 0.5) is 4.39 Å². The molecule has 2 N–H and O–H groups in total. The maximum atomic E-state index is 13.2. The molecule has 16 heavy (non-hydrogen) atoms. The number of halogens is 1. The van der Waals surface area contributed by atoms with Crippen LogP contribution < -0.4 is 5.73 Å². The highest BCUT2D eigenvalue weighted by molar-refractivity contribution is 5.82. The van der Waals surface area contributed by atoms with Gasteiger partial charge in [0.15, 0.2) is 0 Å². The van der Waals surface area contributed by atoms with E-state index < -0.39 is 0 Å². The van der Waals surface area contributed by atoms with Crippen molar-refractivity contribution < 1.29 is 4.39 Å². The number of benzene rings is 1. The number of nitrogens with zero attached hydrogens (tertiary/aromatic N) is 2. The Hall–Kier alpha value is -1.42. The average molecular weight is 221 g/mol. The summed E-state index contributed by atoms with van der Waals surface area (Å²) in [5.41, 5.74) is 7.57. The molecule has 1 unspecified atom stereocenters. The molecule has 2 rings (SSSR count). The molecule has 0 radical (unpaired) electrons. The minimum Gasteiger partial charge on any atom is -0.326 e. The van der Waals surface area contributed by atoms with E-state index >= 15 is 0 Å². The minimum absolute atomic E-state index is 0.0103. The maximum Gasteiger partial charge on any atom is 0.125 e. The third kappa shape index (κ3) is 1.93. The predicted octanol–water partition coefficient (Wildman–Crippen LogP) is 2.08.